The molecule has 5 nitrogen and oxygen atoms in total. The highest BCUT2D eigenvalue weighted by molar-refractivity contribution is 14.1. The maximum atomic E-state index is 12.6. The highest BCUT2D eigenvalue weighted by Crippen LogP contribution is 2.33. The molecule has 9 heteroatoms. The van der Waals surface area contributed by atoms with Crippen LogP contribution in [-0.4, -0.2) is 15.1 Å². The second-order valence-corrected chi connectivity index (χ2v) is 4.06. The van der Waals surface area contributed by atoms with E-state index in [1.165, 1.54) is 0 Å². The molecule has 0 fully saturated rings. The van der Waals surface area contributed by atoms with Crippen molar-refractivity contribution >= 4 is 45.3 Å². The number of halogens is 4. The van der Waals surface area contributed by atoms with Gasteiger partial charge in [-0.1, -0.05) is 0 Å². The van der Waals surface area contributed by atoms with Crippen molar-refractivity contribution in [1.82, 2.24) is 4.98 Å². The van der Waals surface area contributed by atoms with Crippen LogP contribution in [0.15, 0.2) is 6.20 Å². The molecule has 1 aromatic rings. The van der Waals surface area contributed by atoms with Crippen LogP contribution in [0.5, 0.6) is 0 Å². The molecule has 1 rings (SSSR count). The van der Waals surface area contributed by atoms with Crippen LogP contribution in [0.4, 0.5) is 14.6 Å². The Morgan fingerprint density at radius 2 is 2.19 bits per heavy atom. The average molecular weight is 362 g/mol. The Hall–Kier alpha value is -0.900. The van der Waals surface area contributed by atoms with Gasteiger partial charge < -0.3 is 10.1 Å². The molecule has 0 amide bonds. The third-order valence-corrected chi connectivity index (χ3v) is 2.64. The number of nitro groups is 1. The fourth-order valence-corrected chi connectivity index (χ4v) is 2.08. The molecule has 16 heavy (non-hydrogen) atoms. The molecule has 0 atom stereocenters. The maximum Gasteiger partial charge on any atom is 0.373 e. The highest BCUT2D eigenvalue weighted by Gasteiger charge is 2.31. The lowest BCUT2D eigenvalue weighted by molar-refractivity contribution is -0.391. The molecule has 0 aliphatic carbocycles. The van der Waals surface area contributed by atoms with Gasteiger partial charge in [0.25, 0.3) is 11.7 Å². The smallest absolute Gasteiger partial charge is 0.358 e. The zero-order valence-corrected chi connectivity index (χ0v) is 10.2. The second kappa shape index (κ2) is 4.95. The molecule has 1 aromatic heterocycles. The molecule has 0 aliphatic heterocycles. The number of aromatic nitrogens is 1. The number of nitrogens with zero attached hydrogens (tertiary/aromatic N) is 2. The Morgan fingerprint density at radius 1 is 1.62 bits per heavy atom. The Labute approximate surface area is 106 Å². The van der Waals surface area contributed by atoms with Gasteiger partial charge in [-0.15, -0.1) is 0 Å². The van der Waals surface area contributed by atoms with E-state index in [4.69, 9.17) is 11.6 Å². The minimum absolute atomic E-state index is 0.0403. The molecule has 0 saturated carbocycles. The summed E-state index contributed by atoms with van der Waals surface area (Å²) in [6.45, 7) is 0. The van der Waals surface area contributed by atoms with Crippen molar-refractivity contribution in [2.45, 2.75) is 6.43 Å². The van der Waals surface area contributed by atoms with Crippen molar-refractivity contribution in [3.8, 4) is 0 Å². The summed E-state index contributed by atoms with van der Waals surface area (Å²) in [7, 11) is 0. The number of hydrogen-bond donors (Lipinski definition) is 0. The molecular weight excluding hydrogens is 360 g/mol. The average Bonchev–Trinajstić information content (AvgIpc) is 2.15. The van der Waals surface area contributed by atoms with Gasteiger partial charge in [0.1, 0.15) is 5.56 Å². The first-order valence-corrected chi connectivity index (χ1v) is 5.12. The maximum absolute atomic E-state index is 12.6. The van der Waals surface area contributed by atoms with Gasteiger partial charge in [0.2, 0.25) is 0 Å². The van der Waals surface area contributed by atoms with Crippen molar-refractivity contribution < 1.29 is 18.5 Å². The molecule has 1 heterocycles. The lowest BCUT2D eigenvalue weighted by Gasteiger charge is -2.06. The zero-order valence-electron chi connectivity index (χ0n) is 7.29. The normalized spacial score (nSPS) is 10.6. The second-order valence-electron chi connectivity index (χ2n) is 2.55. The van der Waals surface area contributed by atoms with Crippen molar-refractivity contribution in [2.24, 2.45) is 0 Å². The lowest BCUT2D eigenvalue weighted by atomic mass is 10.1. The summed E-state index contributed by atoms with van der Waals surface area (Å²) in [5, 5.41) is 9.29. The summed E-state index contributed by atoms with van der Waals surface area (Å²) in [5.74, 6) is -1.06. The van der Waals surface area contributed by atoms with Crippen LogP contribution >= 0.6 is 34.2 Å². The van der Waals surface area contributed by atoms with Gasteiger partial charge in [-0.3, -0.25) is 4.79 Å². The van der Waals surface area contributed by atoms with Crippen LogP contribution < -0.4 is 0 Å². The quantitative estimate of drug-likeness (QED) is 0.359. The summed E-state index contributed by atoms with van der Waals surface area (Å²) in [5.41, 5.74) is -1.61. The predicted octanol–water partition coefficient (Wildman–Crippen LogP) is 2.91. The van der Waals surface area contributed by atoms with Crippen molar-refractivity contribution in [1.29, 1.82) is 0 Å². The number of hydrogen-bond acceptors (Lipinski definition) is 4. The number of rotatable bonds is 3. The first kappa shape index (κ1) is 13.2. The van der Waals surface area contributed by atoms with Gasteiger partial charge >= 0.3 is 5.82 Å². The first-order chi connectivity index (χ1) is 7.36. The Morgan fingerprint density at radius 3 is 2.56 bits per heavy atom. The van der Waals surface area contributed by atoms with Crippen LogP contribution in [0, 0.1) is 13.7 Å². The van der Waals surface area contributed by atoms with E-state index in [2.05, 4.69) is 4.98 Å². The largest absolute Gasteiger partial charge is 0.373 e. The van der Waals surface area contributed by atoms with E-state index in [0.717, 1.165) is 6.20 Å². The summed E-state index contributed by atoms with van der Waals surface area (Å²) in [4.78, 5) is 23.6. The van der Waals surface area contributed by atoms with Gasteiger partial charge in [0, 0.05) is 0 Å². The predicted molar refractivity (Wildman–Crippen MR) is 58.7 cm³/mol. The first-order valence-electron chi connectivity index (χ1n) is 3.67. The van der Waals surface area contributed by atoms with E-state index in [9.17, 15) is 23.7 Å². The summed E-state index contributed by atoms with van der Waals surface area (Å²) in [6, 6.07) is 0. The van der Waals surface area contributed by atoms with Crippen molar-refractivity contribution in [3.63, 3.8) is 0 Å². The van der Waals surface area contributed by atoms with Crippen LogP contribution in [0.25, 0.3) is 0 Å². The van der Waals surface area contributed by atoms with Gasteiger partial charge in [0.15, 0.2) is 6.20 Å². The van der Waals surface area contributed by atoms with Crippen LogP contribution in [0.3, 0.4) is 0 Å². The fourth-order valence-electron chi connectivity index (χ4n) is 1.04. The van der Waals surface area contributed by atoms with E-state index in [-0.39, 0.29) is 3.57 Å². The van der Waals surface area contributed by atoms with Crippen LogP contribution in [-0.2, 0) is 0 Å². The van der Waals surface area contributed by atoms with E-state index in [0.29, 0.717) is 0 Å². The van der Waals surface area contributed by atoms with Gasteiger partial charge in [-0.2, -0.15) is 0 Å². The SMILES string of the molecule is O=C(Cl)c1c(I)cnc([N+](=O)[O-])c1C(F)F. The van der Waals surface area contributed by atoms with Gasteiger partial charge in [-0.05, 0) is 44.1 Å². The molecule has 0 aromatic carbocycles. The molecule has 0 bridgehead atoms. The van der Waals surface area contributed by atoms with Crippen molar-refractivity contribution in [2.75, 3.05) is 0 Å². The van der Waals surface area contributed by atoms with Gasteiger partial charge in [0.05, 0.1) is 9.13 Å². The topological polar surface area (TPSA) is 73.1 Å². The minimum Gasteiger partial charge on any atom is -0.358 e. The van der Waals surface area contributed by atoms with E-state index in [1.807, 2.05) is 0 Å². The molecule has 0 unspecified atom stereocenters. The lowest BCUT2D eigenvalue weighted by Crippen LogP contribution is -2.08. The Bertz CT molecular complexity index is 469. The highest BCUT2D eigenvalue weighted by atomic mass is 127. The molecule has 0 radical (unpaired) electrons. The fraction of sp³-hybridized carbons (Fsp3) is 0.143. The van der Waals surface area contributed by atoms with Gasteiger partial charge in [-0.25, -0.2) is 8.78 Å². The van der Waals surface area contributed by atoms with Crippen LogP contribution in [0.2, 0.25) is 0 Å². The summed E-state index contributed by atoms with van der Waals surface area (Å²) < 4.78 is 25.3. The van der Waals surface area contributed by atoms with E-state index in [1.54, 1.807) is 22.6 Å². The van der Waals surface area contributed by atoms with Crippen molar-refractivity contribution in [3.05, 3.63) is 31.0 Å². The number of alkyl halides is 2. The molecular formula is C7H2ClF2IN2O3. The molecule has 86 valence electrons. The third kappa shape index (κ3) is 2.43. The monoisotopic (exact) mass is 362 g/mol. The number of carbonyl (C=O) groups excluding carboxylic acids is 1. The number of carbonyl (C=O) groups is 1. The summed E-state index contributed by atoms with van der Waals surface area (Å²) in [6.07, 6.45) is -2.25. The summed E-state index contributed by atoms with van der Waals surface area (Å²) >= 11 is 6.66. The third-order valence-electron chi connectivity index (χ3n) is 1.64. The Kier molecular flexibility index (Phi) is 4.08. The zero-order chi connectivity index (χ0) is 12.5. The molecule has 0 N–H and O–H groups in total. The Balaban J connectivity index is 3.63. The van der Waals surface area contributed by atoms with Crippen LogP contribution in [0.1, 0.15) is 22.3 Å². The molecule has 0 aliphatic rings. The number of pyridine rings is 1. The van der Waals surface area contributed by atoms with E-state index < -0.39 is 33.5 Å². The minimum atomic E-state index is -3.19. The molecule has 0 spiro atoms. The standard InChI is InChI=1S/C7H2ClF2IN2O3/c8-5(14)3-2(11)1-12-7(13(15)16)4(3)6(9)10/h1,6H. The molecule has 0 saturated heterocycles. The van der Waals surface area contributed by atoms with E-state index >= 15 is 0 Å².